The van der Waals surface area contributed by atoms with Gasteiger partial charge in [-0.05, 0) is 19.3 Å². The van der Waals surface area contributed by atoms with Crippen molar-refractivity contribution in [2.24, 2.45) is 5.92 Å². The van der Waals surface area contributed by atoms with Gasteiger partial charge in [0, 0.05) is 24.4 Å². The zero-order valence-electron chi connectivity index (χ0n) is 7.79. The summed E-state index contributed by atoms with van der Waals surface area (Å²) in [4.78, 5) is 0. The molecule has 0 saturated carbocycles. The van der Waals surface area contributed by atoms with Gasteiger partial charge in [0.05, 0.1) is 5.25 Å². The Kier molecular flexibility index (Phi) is 2.10. The van der Waals surface area contributed by atoms with Crippen LogP contribution in [0.5, 0.6) is 0 Å². The fraction of sp³-hybridized carbons (Fsp3) is 0.778. The van der Waals surface area contributed by atoms with Crippen molar-refractivity contribution in [3.8, 4) is 0 Å². The lowest BCUT2D eigenvalue weighted by Gasteiger charge is -2.25. The highest BCUT2D eigenvalue weighted by molar-refractivity contribution is 7.91. The van der Waals surface area contributed by atoms with Crippen molar-refractivity contribution >= 4 is 9.84 Å². The summed E-state index contributed by atoms with van der Waals surface area (Å²) in [6.07, 6.45) is 6.19. The molecule has 0 aromatic rings. The molecular weight excluding hydrogens is 186 g/mol. The predicted octanol–water partition coefficient (Wildman–Crippen LogP) is 0.687. The predicted molar refractivity (Wildman–Crippen MR) is 52.1 cm³/mol. The highest BCUT2D eigenvalue weighted by Gasteiger charge is 2.36. The van der Waals surface area contributed by atoms with Gasteiger partial charge in [-0.3, -0.25) is 0 Å². The molecule has 2 atom stereocenters. The molecule has 0 bridgehead atoms. The quantitative estimate of drug-likeness (QED) is 0.679. The first-order chi connectivity index (χ1) is 6.09. The maximum atomic E-state index is 11.5. The Morgan fingerprint density at radius 1 is 1.46 bits per heavy atom. The van der Waals surface area contributed by atoms with Gasteiger partial charge >= 0.3 is 0 Å². The monoisotopic (exact) mass is 201 g/mol. The van der Waals surface area contributed by atoms with Gasteiger partial charge < -0.3 is 5.32 Å². The van der Waals surface area contributed by atoms with E-state index in [1.165, 1.54) is 12.0 Å². The molecule has 2 unspecified atom stereocenters. The molecule has 0 spiro atoms. The maximum Gasteiger partial charge on any atom is 0.150 e. The van der Waals surface area contributed by atoms with Gasteiger partial charge in [-0.15, -0.1) is 0 Å². The van der Waals surface area contributed by atoms with Gasteiger partial charge in [-0.1, -0.05) is 6.08 Å². The first-order valence-electron chi connectivity index (χ1n) is 4.72. The molecule has 0 radical (unpaired) electrons. The lowest BCUT2D eigenvalue weighted by atomic mass is 9.92. The first-order valence-corrected chi connectivity index (χ1v) is 6.67. The summed E-state index contributed by atoms with van der Waals surface area (Å²) >= 11 is 0. The van der Waals surface area contributed by atoms with E-state index in [9.17, 15) is 8.42 Å². The van der Waals surface area contributed by atoms with Gasteiger partial charge in [0.25, 0.3) is 0 Å². The average Bonchev–Trinajstić information content (AvgIpc) is 2.48. The van der Waals surface area contributed by atoms with Crippen LogP contribution in [0.3, 0.4) is 0 Å². The SMILES string of the molecule is CS(=O)(=O)C1CCC=C2NCCC21. The van der Waals surface area contributed by atoms with E-state index >= 15 is 0 Å². The van der Waals surface area contributed by atoms with Gasteiger partial charge in [0.2, 0.25) is 0 Å². The molecule has 1 saturated heterocycles. The highest BCUT2D eigenvalue weighted by Crippen LogP contribution is 2.33. The second kappa shape index (κ2) is 3.01. The second-order valence-corrected chi connectivity index (χ2v) is 6.19. The highest BCUT2D eigenvalue weighted by atomic mass is 32.2. The molecule has 2 aliphatic rings. The van der Waals surface area contributed by atoms with Crippen LogP contribution in [0.15, 0.2) is 11.8 Å². The number of rotatable bonds is 1. The number of nitrogens with one attached hydrogen (secondary N) is 1. The molecule has 0 amide bonds. The summed E-state index contributed by atoms with van der Waals surface area (Å²) in [6, 6.07) is 0. The van der Waals surface area contributed by atoms with E-state index in [4.69, 9.17) is 0 Å². The van der Waals surface area contributed by atoms with Gasteiger partial charge in [0.1, 0.15) is 0 Å². The zero-order chi connectivity index (χ0) is 9.47. The molecule has 1 aliphatic carbocycles. The van der Waals surface area contributed by atoms with Crippen molar-refractivity contribution in [1.82, 2.24) is 5.32 Å². The standard InChI is InChI=1S/C9H15NO2S/c1-13(11,12)9-4-2-3-8-7(9)5-6-10-8/h3,7,9-10H,2,4-6H2,1H3. The van der Waals surface area contributed by atoms with Crippen LogP contribution in [0.1, 0.15) is 19.3 Å². The fourth-order valence-corrected chi connectivity index (χ4v) is 3.83. The van der Waals surface area contributed by atoms with Gasteiger partial charge in [-0.2, -0.15) is 0 Å². The topological polar surface area (TPSA) is 46.2 Å². The minimum absolute atomic E-state index is 0.137. The van der Waals surface area contributed by atoms with Gasteiger partial charge in [-0.25, -0.2) is 8.42 Å². The molecule has 74 valence electrons. The Balaban J connectivity index is 2.29. The van der Waals surface area contributed by atoms with Crippen LogP contribution < -0.4 is 5.32 Å². The molecule has 1 heterocycles. The van der Waals surface area contributed by atoms with Crippen LogP contribution in [0.4, 0.5) is 0 Å². The summed E-state index contributed by atoms with van der Waals surface area (Å²) in [6.45, 7) is 0.933. The third-order valence-electron chi connectivity index (χ3n) is 3.00. The average molecular weight is 201 g/mol. The molecule has 4 heteroatoms. The molecule has 2 rings (SSSR count). The van der Waals surface area contributed by atoms with Crippen molar-refractivity contribution in [1.29, 1.82) is 0 Å². The normalized spacial score (nSPS) is 33.5. The summed E-state index contributed by atoms with van der Waals surface area (Å²) in [5, 5.41) is 3.12. The Morgan fingerprint density at radius 3 is 2.92 bits per heavy atom. The van der Waals surface area contributed by atoms with Crippen LogP contribution in [-0.4, -0.2) is 26.5 Å². The van der Waals surface area contributed by atoms with Crippen LogP contribution in [0.25, 0.3) is 0 Å². The summed E-state index contributed by atoms with van der Waals surface area (Å²) < 4.78 is 22.9. The number of fused-ring (bicyclic) bond motifs is 1. The van der Waals surface area contributed by atoms with Crippen LogP contribution in [0, 0.1) is 5.92 Å². The molecule has 1 N–H and O–H groups in total. The van der Waals surface area contributed by atoms with Gasteiger partial charge in [0.15, 0.2) is 9.84 Å². The maximum absolute atomic E-state index is 11.5. The van der Waals surface area contributed by atoms with Crippen LogP contribution in [-0.2, 0) is 9.84 Å². The van der Waals surface area contributed by atoms with E-state index in [1.807, 2.05) is 0 Å². The zero-order valence-corrected chi connectivity index (χ0v) is 8.60. The van der Waals surface area contributed by atoms with Crippen molar-refractivity contribution in [3.63, 3.8) is 0 Å². The number of allylic oxidation sites excluding steroid dienone is 2. The molecule has 0 aromatic carbocycles. The summed E-state index contributed by atoms with van der Waals surface area (Å²) in [5.41, 5.74) is 1.17. The van der Waals surface area contributed by atoms with Crippen LogP contribution >= 0.6 is 0 Å². The van der Waals surface area contributed by atoms with Crippen molar-refractivity contribution in [2.45, 2.75) is 24.5 Å². The van der Waals surface area contributed by atoms with E-state index in [1.54, 1.807) is 0 Å². The molecule has 1 fully saturated rings. The Hall–Kier alpha value is -0.510. The minimum Gasteiger partial charge on any atom is -0.388 e. The van der Waals surface area contributed by atoms with Crippen molar-refractivity contribution < 1.29 is 8.42 Å². The minimum atomic E-state index is -2.86. The third kappa shape index (κ3) is 1.59. The summed E-state index contributed by atoms with van der Waals surface area (Å²) in [5.74, 6) is 0.253. The Morgan fingerprint density at radius 2 is 2.23 bits per heavy atom. The largest absolute Gasteiger partial charge is 0.388 e. The molecule has 13 heavy (non-hydrogen) atoms. The fourth-order valence-electron chi connectivity index (χ4n) is 2.39. The number of hydrogen-bond donors (Lipinski definition) is 1. The van der Waals surface area contributed by atoms with E-state index in [-0.39, 0.29) is 11.2 Å². The van der Waals surface area contributed by atoms with Crippen LogP contribution in [0.2, 0.25) is 0 Å². The molecule has 1 aliphatic heterocycles. The van der Waals surface area contributed by atoms with E-state index < -0.39 is 9.84 Å². The second-order valence-electron chi connectivity index (χ2n) is 3.93. The van der Waals surface area contributed by atoms with E-state index in [0.29, 0.717) is 0 Å². The third-order valence-corrected chi connectivity index (χ3v) is 4.66. The lowest BCUT2D eigenvalue weighted by molar-refractivity contribution is 0.500. The van der Waals surface area contributed by atoms with Crippen molar-refractivity contribution in [3.05, 3.63) is 11.8 Å². The molecule has 0 aromatic heterocycles. The lowest BCUT2D eigenvalue weighted by Crippen LogP contribution is -2.31. The molecule has 3 nitrogen and oxygen atoms in total. The Bertz CT molecular complexity index is 332. The Labute approximate surface area is 79.1 Å². The molecular formula is C9H15NO2S. The first kappa shape index (κ1) is 9.06. The smallest absolute Gasteiger partial charge is 0.150 e. The van der Waals surface area contributed by atoms with E-state index in [0.717, 1.165) is 25.8 Å². The van der Waals surface area contributed by atoms with E-state index in [2.05, 4.69) is 11.4 Å². The summed E-state index contributed by atoms with van der Waals surface area (Å²) in [7, 11) is -2.86. The number of sulfone groups is 1. The van der Waals surface area contributed by atoms with Crippen molar-refractivity contribution in [2.75, 3.05) is 12.8 Å². The number of hydrogen-bond acceptors (Lipinski definition) is 3.